The zero-order valence-corrected chi connectivity index (χ0v) is 21.8. The summed E-state index contributed by atoms with van der Waals surface area (Å²) in [7, 11) is 0. The highest BCUT2D eigenvalue weighted by Crippen LogP contribution is 2.26. The van der Waals surface area contributed by atoms with Crippen LogP contribution in [0.3, 0.4) is 0 Å². The number of hydrogen-bond acceptors (Lipinski definition) is 5. The van der Waals surface area contributed by atoms with E-state index in [1.54, 1.807) is 42.5 Å². The first-order valence-corrected chi connectivity index (χ1v) is 12.1. The summed E-state index contributed by atoms with van der Waals surface area (Å²) in [4.78, 5) is 36.4. The molecule has 3 amide bonds. The van der Waals surface area contributed by atoms with Gasteiger partial charge in [-0.1, -0.05) is 20.8 Å². The Morgan fingerprint density at radius 1 is 1.00 bits per heavy atom. The van der Waals surface area contributed by atoms with E-state index in [0.29, 0.717) is 46.0 Å². The summed E-state index contributed by atoms with van der Waals surface area (Å²) in [6.45, 7) is 6.76. The summed E-state index contributed by atoms with van der Waals surface area (Å²) in [5, 5.41) is 5.20. The lowest BCUT2D eigenvalue weighted by atomic mass is 10.1. The first-order chi connectivity index (χ1) is 16.2. The van der Waals surface area contributed by atoms with E-state index in [0.717, 1.165) is 12.8 Å². The van der Waals surface area contributed by atoms with Crippen LogP contribution in [0.4, 0.5) is 5.69 Å². The molecule has 0 unspecified atom stereocenters. The van der Waals surface area contributed by atoms with Gasteiger partial charge < -0.3 is 10.1 Å². The zero-order valence-electron chi connectivity index (χ0n) is 19.4. The minimum atomic E-state index is -0.450. The second-order valence-electron chi connectivity index (χ2n) is 7.91. The number of halogens is 1. The van der Waals surface area contributed by atoms with Gasteiger partial charge in [-0.3, -0.25) is 30.6 Å². The molecule has 0 fully saturated rings. The van der Waals surface area contributed by atoms with E-state index >= 15 is 0 Å². The Bertz CT molecular complexity index is 1030. The van der Waals surface area contributed by atoms with Crippen LogP contribution in [0.2, 0.25) is 0 Å². The second kappa shape index (κ2) is 13.7. The number of rotatable bonds is 9. The van der Waals surface area contributed by atoms with Gasteiger partial charge in [-0.05, 0) is 89.4 Å². The molecule has 2 aromatic rings. The number of carbonyl (C=O) groups is 3. The summed E-state index contributed by atoms with van der Waals surface area (Å²) in [6.07, 6.45) is 2.12. The van der Waals surface area contributed by atoms with Crippen molar-refractivity contribution in [3.63, 3.8) is 0 Å². The third-order valence-corrected chi connectivity index (χ3v) is 5.40. The molecule has 182 valence electrons. The number of thiocarbonyl (C=S) groups is 1. The molecular formula is C24H29BrN4O4S. The lowest BCUT2D eigenvalue weighted by molar-refractivity contribution is -0.116. The minimum Gasteiger partial charge on any atom is -0.492 e. The number of anilines is 1. The van der Waals surface area contributed by atoms with E-state index in [2.05, 4.69) is 51.3 Å². The van der Waals surface area contributed by atoms with Crippen molar-refractivity contribution < 1.29 is 19.1 Å². The van der Waals surface area contributed by atoms with E-state index in [9.17, 15) is 14.4 Å². The Kier molecular flexibility index (Phi) is 11.0. The molecule has 0 radical (unpaired) electrons. The van der Waals surface area contributed by atoms with Crippen molar-refractivity contribution >= 4 is 56.7 Å². The van der Waals surface area contributed by atoms with Crippen LogP contribution in [-0.2, 0) is 4.79 Å². The van der Waals surface area contributed by atoms with Crippen LogP contribution in [0.15, 0.2) is 46.9 Å². The topological polar surface area (TPSA) is 109 Å². The number of carbonyl (C=O) groups excluding carboxylic acids is 3. The zero-order chi connectivity index (χ0) is 25.1. The minimum absolute atomic E-state index is 0.0600. The summed E-state index contributed by atoms with van der Waals surface area (Å²) >= 11 is 8.51. The molecule has 0 heterocycles. The van der Waals surface area contributed by atoms with E-state index in [-0.39, 0.29) is 11.0 Å². The van der Waals surface area contributed by atoms with Gasteiger partial charge in [0.15, 0.2) is 5.11 Å². The predicted molar refractivity (Wildman–Crippen MR) is 140 cm³/mol. The quantitative estimate of drug-likeness (QED) is 0.270. The van der Waals surface area contributed by atoms with Crippen molar-refractivity contribution in [3.8, 4) is 5.75 Å². The van der Waals surface area contributed by atoms with Crippen LogP contribution in [0.5, 0.6) is 5.75 Å². The first-order valence-electron chi connectivity index (χ1n) is 10.9. The van der Waals surface area contributed by atoms with Crippen molar-refractivity contribution in [1.82, 2.24) is 16.2 Å². The van der Waals surface area contributed by atoms with Gasteiger partial charge in [0.05, 0.1) is 11.1 Å². The van der Waals surface area contributed by atoms with Gasteiger partial charge in [-0.2, -0.15) is 0 Å². The van der Waals surface area contributed by atoms with E-state index in [4.69, 9.17) is 17.0 Å². The summed E-state index contributed by atoms with van der Waals surface area (Å²) in [6, 6.07) is 11.4. The molecule has 0 saturated heterocycles. The Balaban J connectivity index is 1.83. The largest absolute Gasteiger partial charge is 0.492 e. The van der Waals surface area contributed by atoms with E-state index in [1.165, 1.54) is 0 Å². The summed E-state index contributed by atoms with van der Waals surface area (Å²) < 4.78 is 6.38. The van der Waals surface area contributed by atoms with E-state index < -0.39 is 11.8 Å². The van der Waals surface area contributed by atoms with Gasteiger partial charge in [0.2, 0.25) is 5.91 Å². The molecule has 34 heavy (non-hydrogen) atoms. The maximum absolute atomic E-state index is 12.5. The second-order valence-corrected chi connectivity index (χ2v) is 9.18. The summed E-state index contributed by atoms with van der Waals surface area (Å²) in [5.41, 5.74) is 6.26. The summed E-state index contributed by atoms with van der Waals surface area (Å²) in [5.74, 6) is 0.223. The molecule has 2 rings (SSSR count). The van der Waals surface area contributed by atoms with Crippen LogP contribution in [0.1, 0.15) is 60.7 Å². The molecule has 0 bridgehead atoms. The van der Waals surface area contributed by atoms with Crippen LogP contribution >= 0.6 is 28.1 Å². The number of amides is 3. The fourth-order valence-corrected chi connectivity index (χ4v) is 3.35. The van der Waals surface area contributed by atoms with Gasteiger partial charge in [0, 0.05) is 23.2 Å². The van der Waals surface area contributed by atoms with Crippen molar-refractivity contribution in [1.29, 1.82) is 0 Å². The average molecular weight is 549 g/mol. The predicted octanol–water partition coefficient (Wildman–Crippen LogP) is 4.56. The number of hydrogen-bond donors (Lipinski definition) is 4. The maximum atomic E-state index is 12.5. The number of nitrogens with one attached hydrogen (secondary N) is 4. The monoisotopic (exact) mass is 548 g/mol. The molecule has 0 aliphatic rings. The molecule has 10 heteroatoms. The molecule has 0 spiro atoms. The van der Waals surface area contributed by atoms with Crippen LogP contribution < -0.4 is 26.2 Å². The lowest BCUT2D eigenvalue weighted by Crippen LogP contribution is -2.48. The Labute approximate surface area is 213 Å². The molecule has 4 N–H and O–H groups in total. The van der Waals surface area contributed by atoms with E-state index in [1.807, 2.05) is 6.92 Å². The Hall–Kier alpha value is -2.98. The third kappa shape index (κ3) is 9.11. The third-order valence-electron chi connectivity index (χ3n) is 4.57. The fraction of sp³-hybridized carbons (Fsp3) is 0.333. The highest BCUT2D eigenvalue weighted by molar-refractivity contribution is 9.10. The maximum Gasteiger partial charge on any atom is 0.269 e. The molecule has 0 saturated carbocycles. The highest BCUT2D eigenvalue weighted by atomic mass is 79.9. The Morgan fingerprint density at radius 2 is 1.68 bits per heavy atom. The van der Waals surface area contributed by atoms with Crippen molar-refractivity contribution in [2.24, 2.45) is 5.92 Å². The van der Waals surface area contributed by atoms with Crippen LogP contribution in [0, 0.1) is 5.92 Å². The number of benzene rings is 2. The van der Waals surface area contributed by atoms with Gasteiger partial charge in [-0.25, -0.2) is 0 Å². The lowest BCUT2D eigenvalue weighted by Gasteiger charge is -2.13. The van der Waals surface area contributed by atoms with Crippen molar-refractivity contribution in [3.05, 3.63) is 58.1 Å². The van der Waals surface area contributed by atoms with Gasteiger partial charge in [-0.15, -0.1) is 0 Å². The molecule has 0 aliphatic heterocycles. The van der Waals surface area contributed by atoms with Crippen LogP contribution in [0.25, 0.3) is 0 Å². The standard InChI is InChI=1S/C24H29BrN4O4S/c1-4-5-21(30)26-18-9-6-16(7-10-18)23(32)28-29-24(34)27-22(31)17-8-11-20(19(25)14-17)33-13-12-15(2)3/h6-11,14-15H,4-5,12-13H2,1-3H3,(H,26,30)(H,28,32)(H2,27,29,31,34). The molecular weight excluding hydrogens is 520 g/mol. The van der Waals surface area contributed by atoms with Crippen LogP contribution in [-0.4, -0.2) is 29.4 Å². The van der Waals surface area contributed by atoms with Gasteiger partial charge in [0.25, 0.3) is 11.8 Å². The average Bonchev–Trinajstić information content (AvgIpc) is 2.79. The molecule has 0 aromatic heterocycles. The van der Waals surface area contributed by atoms with Crippen molar-refractivity contribution in [2.45, 2.75) is 40.0 Å². The fourth-order valence-electron chi connectivity index (χ4n) is 2.71. The Morgan fingerprint density at radius 3 is 2.29 bits per heavy atom. The highest BCUT2D eigenvalue weighted by Gasteiger charge is 2.12. The molecule has 0 aliphatic carbocycles. The molecule has 8 nitrogen and oxygen atoms in total. The van der Waals surface area contributed by atoms with Gasteiger partial charge in [0.1, 0.15) is 5.75 Å². The SMILES string of the molecule is CCCC(=O)Nc1ccc(C(=O)NNC(=S)NC(=O)c2ccc(OCCC(C)C)c(Br)c2)cc1. The van der Waals surface area contributed by atoms with Gasteiger partial charge >= 0.3 is 0 Å². The van der Waals surface area contributed by atoms with Crippen molar-refractivity contribution in [2.75, 3.05) is 11.9 Å². The number of ether oxygens (including phenoxy) is 1. The first kappa shape index (κ1) is 27.3. The number of hydrazine groups is 1. The normalized spacial score (nSPS) is 10.4. The molecule has 2 aromatic carbocycles. The molecule has 0 atom stereocenters. The smallest absolute Gasteiger partial charge is 0.269 e.